The third-order valence-electron chi connectivity index (χ3n) is 6.90. The second-order valence-corrected chi connectivity index (χ2v) is 9.24. The molecule has 0 spiro atoms. The minimum absolute atomic E-state index is 0.137. The van der Waals surface area contributed by atoms with Crippen LogP contribution in [-0.2, 0) is 29.0 Å². The van der Waals surface area contributed by atoms with Gasteiger partial charge in [-0.2, -0.15) is 0 Å². The van der Waals surface area contributed by atoms with Crippen LogP contribution in [0.25, 0.3) is 10.9 Å². The largest absolute Gasteiger partial charge is 0.481 e. The van der Waals surface area contributed by atoms with Gasteiger partial charge in [-0.25, -0.2) is 4.98 Å². The molecule has 1 atom stereocenters. The third-order valence-corrected chi connectivity index (χ3v) is 6.90. The molecule has 7 heteroatoms. The Balaban J connectivity index is 1.60. The summed E-state index contributed by atoms with van der Waals surface area (Å²) in [6, 6.07) is 18.6. The Hall–Kier alpha value is -4.13. The number of fused-ring (bicyclic) bond motifs is 1. The van der Waals surface area contributed by atoms with Gasteiger partial charge in [-0.05, 0) is 49.1 Å². The monoisotopic (exact) mass is 498 g/mol. The van der Waals surface area contributed by atoms with E-state index in [0.29, 0.717) is 18.0 Å². The van der Waals surface area contributed by atoms with Gasteiger partial charge in [-0.15, -0.1) is 0 Å². The molecular formula is C30H34N4O3. The first-order valence-corrected chi connectivity index (χ1v) is 12.5. The topological polar surface area (TPSA) is 76.5 Å². The quantitative estimate of drug-likeness (QED) is 0.366. The summed E-state index contributed by atoms with van der Waals surface area (Å²) in [6.45, 7) is 6.43. The fourth-order valence-corrected chi connectivity index (χ4v) is 4.92. The molecular weight excluding hydrogens is 464 g/mol. The summed E-state index contributed by atoms with van der Waals surface area (Å²) in [4.78, 5) is 32.8. The van der Waals surface area contributed by atoms with Gasteiger partial charge in [-0.3, -0.25) is 9.59 Å². The molecule has 1 N–H and O–H groups in total. The highest BCUT2D eigenvalue weighted by Crippen LogP contribution is 2.29. The van der Waals surface area contributed by atoms with E-state index in [0.717, 1.165) is 23.2 Å². The van der Waals surface area contributed by atoms with E-state index in [1.807, 2.05) is 36.4 Å². The maximum absolute atomic E-state index is 13.6. The molecule has 2 aromatic carbocycles. The number of nitrogens with zero attached hydrogens (tertiary/aromatic N) is 3. The van der Waals surface area contributed by atoms with Gasteiger partial charge in [0.1, 0.15) is 12.6 Å². The van der Waals surface area contributed by atoms with E-state index >= 15 is 0 Å². The van der Waals surface area contributed by atoms with Gasteiger partial charge in [0.2, 0.25) is 17.7 Å². The maximum atomic E-state index is 13.6. The molecule has 4 rings (SSSR count). The highest BCUT2D eigenvalue weighted by molar-refractivity contribution is 5.99. The molecule has 0 saturated carbocycles. The van der Waals surface area contributed by atoms with Crippen LogP contribution < -0.4 is 15.0 Å². The van der Waals surface area contributed by atoms with Crippen LogP contribution in [0.15, 0.2) is 66.9 Å². The lowest BCUT2D eigenvalue weighted by Crippen LogP contribution is -2.49. The highest BCUT2D eigenvalue weighted by atomic mass is 16.5. The van der Waals surface area contributed by atoms with Crippen LogP contribution in [0.2, 0.25) is 0 Å². The summed E-state index contributed by atoms with van der Waals surface area (Å²) in [7, 11) is 3.23. The van der Waals surface area contributed by atoms with Crippen molar-refractivity contribution in [2.45, 2.75) is 46.2 Å². The Morgan fingerprint density at radius 1 is 1.05 bits per heavy atom. The minimum atomic E-state index is -0.739. The maximum Gasteiger partial charge on any atom is 0.249 e. The minimum Gasteiger partial charge on any atom is -0.481 e. The molecule has 0 fully saturated rings. The number of hydrogen-bond acceptors (Lipinski definition) is 4. The van der Waals surface area contributed by atoms with E-state index in [4.69, 9.17) is 4.74 Å². The molecule has 0 saturated heterocycles. The van der Waals surface area contributed by atoms with Crippen molar-refractivity contribution in [3.8, 4) is 5.88 Å². The average Bonchev–Trinajstić information content (AvgIpc) is 3.19. The van der Waals surface area contributed by atoms with Crippen LogP contribution >= 0.6 is 0 Å². The van der Waals surface area contributed by atoms with Crippen LogP contribution in [0.4, 0.5) is 5.69 Å². The van der Waals surface area contributed by atoms with Gasteiger partial charge >= 0.3 is 0 Å². The number of carbonyl (C=O) groups is 2. The number of benzene rings is 2. The lowest BCUT2D eigenvalue weighted by molar-refractivity contribution is -0.127. The van der Waals surface area contributed by atoms with Gasteiger partial charge in [-0.1, -0.05) is 49.4 Å². The lowest BCUT2D eigenvalue weighted by atomic mass is 10.0. The number of hydrogen-bond donors (Lipinski definition) is 1. The van der Waals surface area contributed by atoms with E-state index in [1.54, 1.807) is 32.5 Å². The Labute approximate surface area is 218 Å². The molecule has 7 nitrogen and oxygen atoms in total. The number of ether oxygens (including phenoxy) is 1. The fraction of sp³-hybridized carbons (Fsp3) is 0.300. The van der Waals surface area contributed by atoms with Crippen LogP contribution in [-0.4, -0.2) is 41.6 Å². The van der Waals surface area contributed by atoms with Gasteiger partial charge in [0, 0.05) is 36.1 Å². The first-order valence-electron chi connectivity index (χ1n) is 12.5. The van der Waals surface area contributed by atoms with Crippen LogP contribution in [0.3, 0.4) is 0 Å². The van der Waals surface area contributed by atoms with Crippen molar-refractivity contribution in [3.05, 3.63) is 89.2 Å². The van der Waals surface area contributed by atoms with E-state index in [9.17, 15) is 9.59 Å². The zero-order valence-corrected chi connectivity index (χ0v) is 22.1. The van der Waals surface area contributed by atoms with Crippen LogP contribution in [0, 0.1) is 13.8 Å². The molecule has 0 radical (unpaired) electrons. The molecule has 2 heterocycles. The van der Waals surface area contributed by atoms with Crippen molar-refractivity contribution in [1.29, 1.82) is 0 Å². The summed E-state index contributed by atoms with van der Waals surface area (Å²) >= 11 is 0. The van der Waals surface area contributed by atoms with E-state index in [2.05, 4.69) is 47.8 Å². The van der Waals surface area contributed by atoms with Crippen molar-refractivity contribution in [2.24, 2.45) is 0 Å². The Bertz CT molecular complexity index is 1390. The molecule has 4 aromatic rings. The predicted octanol–water partition coefficient (Wildman–Crippen LogP) is 4.61. The molecule has 192 valence electrons. The summed E-state index contributed by atoms with van der Waals surface area (Å²) in [5, 5.41) is 4.23. The van der Waals surface area contributed by atoms with Gasteiger partial charge in [0.25, 0.3) is 0 Å². The number of anilines is 1. The summed E-state index contributed by atoms with van der Waals surface area (Å²) < 4.78 is 7.18. The molecule has 1 unspecified atom stereocenters. The van der Waals surface area contributed by atoms with E-state index in [1.165, 1.54) is 21.4 Å². The third kappa shape index (κ3) is 5.50. The summed E-state index contributed by atoms with van der Waals surface area (Å²) in [5.41, 5.74) is 6.15. The van der Waals surface area contributed by atoms with Gasteiger partial charge in [0.05, 0.1) is 19.0 Å². The smallest absolute Gasteiger partial charge is 0.249 e. The number of rotatable bonds is 9. The van der Waals surface area contributed by atoms with Crippen LogP contribution in [0.5, 0.6) is 5.88 Å². The Morgan fingerprint density at radius 3 is 2.46 bits per heavy atom. The van der Waals surface area contributed by atoms with Crippen molar-refractivity contribution in [1.82, 2.24) is 14.9 Å². The first-order chi connectivity index (χ1) is 17.8. The number of likely N-dealkylation sites (N-methyl/N-ethyl adjacent to an activating group) is 1. The molecule has 2 amide bonds. The number of carbonyl (C=O) groups excluding carboxylic acids is 2. The normalized spacial score (nSPS) is 11.8. The van der Waals surface area contributed by atoms with Crippen molar-refractivity contribution in [2.75, 3.05) is 19.1 Å². The SMILES string of the molecule is CCc1c(C)n(CC(=O)NC(Cc2ccccc2)C(=O)N(C)c2ccc(OC)nc2)c2cccc(C)c12. The number of aromatic nitrogens is 2. The number of methoxy groups -OCH3 is 1. The Morgan fingerprint density at radius 2 is 1.81 bits per heavy atom. The summed E-state index contributed by atoms with van der Waals surface area (Å²) in [6.07, 6.45) is 2.85. The lowest BCUT2D eigenvalue weighted by Gasteiger charge is -2.25. The molecule has 37 heavy (non-hydrogen) atoms. The number of nitrogens with one attached hydrogen (secondary N) is 1. The first kappa shape index (κ1) is 25.9. The Kier molecular flexibility index (Phi) is 7.92. The standard InChI is InChI=1S/C30H34N4O3/c1-6-24-21(3)34(26-14-10-11-20(2)29(24)26)19-27(35)32-25(17-22-12-8-7-9-13-22)30(36)33(4)23-15-16-28(37-5)31-18-23/h7-16,18,25H,6,17,19H2,1-5H3,(H,32,35). The molecule has 0 aliphatic heterocycles. The van der Waals surface area contributed by atoms with Gasteiger partial charge in [0.15, 0.2) is 0 Å². The highest BCUT2D eigenvalue weighted by Gasteiger charge is 2.26. The average molecular weight is 499 g/mol. The van der Waals surface area contributed by atoms with Crippen molar-refractivity contribution >= 4 is 28.4 Å². The van der Waals surface area contributed by atoms with Crippen molar-refractivity contribution < 1.29 is 14.3 Å². The fourth-order valence-electron chi connectivity index (χ4n) is 4.92. The number of aryl methyl sites for hydroxylation is 2. The second kappa shape index (κ2) is 11.3. The second-order valence-electron chi connectivity index (χ2n) is 9.24. The molecule has 2 aromatic heterocycles. The zero-order chi connectivity index (χ0) is 26.5. The van der Waals surface area contributed by atoms with Gasteiger partial charge < -0.3 is 19.5 Å². The number of amides is 2. The van der Waals surface area contributed by atoms with Crippen molar-refractivity contribution in [3.63, 3.8) is 0 Å². The predicted molar refractivity (Wildman–Crippen MR) is 147 cm³/mol. The molecule has 0 aliphatic rings. The molecule has 0 bridgehead atoms. The van der Waals surface area contributed by atoms with Crippen LogP contribution in [0.1, 0.15) is 29.3 Å². The zero-order valence-electron chi connectivity index (χ0n) is 22.1. The molecule has 0 aliphatic carbocycles. The number of pyridine rings is 1. The summed E-state index contributed by atoms with van der Waals surface area (Å²) in [5.74, 6) is 0.0396. The van der Waals surface area contributed by atoms with E-state index < -0.39 is 6.04 Å². The van der Waals surface area contributed by atoms with E-state index in [-0.39, 0.29) is 18.4 Å².